The van der Waals surface area contributed by atoms with Crippen LogP contribution in [0, 0.1) is 6.57 Å². The second-order valence-corrected chi connectivity index (χ2v) is 13.1. The Morgan fingerprint density at radius 3 is 2.67 bits per heavy atom. The van der Waals surface area contributed by atoms with Crippen LogP contribution < -0.4 is 10.6 Å². The summed E-state index contributed by atoms with van der Waals surface area (Å²) in [6, 6.07) is 5.94. The Morgan fingerprint density at radius 2 is 1.98 bits per heavy atom. The second-order valence-electron chi connectivity index (χ2n) is 10.7. The third-order valence-corrected chi connectivity index (χ3v) is 9.32. The number of hydrogen-bond donors (Lipinski definition) is 2. The van der Waals surface area contributed by atoms with E-state index in [0.29, 0.717) is 73.5 Å². The quantitative estimate of drug-likeness (QED) is 0.358. The number of benzene rings is 1. The molecule has 2 aliphatic rings. The van der Waals surface area contributed by atoms with Crippen molar-refractivity contribution >= 4 is 39.4 Å². The van der Waals surface area contributed by atoms with Crippen LogP contribution in [-0.4, -0.2) is 95.1 Å². The number of ether oxygens (including phenoxy) is 1. The fourth-order valence-corrected chi connectivity index (χ4v) is 6.54. The summed E-state index contributed by atoms with van der Waals surface area (Å²) >= 11 is 6.67. The second kappa shape index (κ2) is 13.3. The lowest BCUT2D eigenvalue weighted by Gasteiger charge is -2.32. The van der Waals surface area contributed by atoms with E-state index >= 15 is 0 Å². The number of halogens is 1. The smallest absolute Gasteiger partial charge is 0.409 e. The van der Waals surface area contributed by atoms with E-state index in [0.717, 1.165) is 18.4 Å². The molecule has 13 nitrogen and oxygen atoms in total. The maximum Gasteiger partial charge on any atom is 0.409 e. The molecule has 1 aromatic carbocycles. The van der Waals surface area contributed by atoms with Crippen molar-refractivity contribution in [3.63, 3.8) is 0 Å². The molecule has 4 heterocycles. The number of piperidine rings is 2. The first kappa shape index (κ1) is 30.7. The number of nitrogens with one attached hydrogen (secondary N) is 2. The fraction of sp³-hybridized carbons (Fsp3) is 0.464. The Hall–Kier alpha value is -3.77. The summed E-state index contributed by atoms with van der Waals surface area (Å²) in [5.74, 6) is 0.371. The van der Waals surface area contributed by atoms with E-state index in [9.17, 15) is 13.2 Å². The lowest BCUT2D eigenvalue weighted by molar-refractivity contribution is 0.107. The first-order valence-electron chi connectivity index (χ1n) is 14.0. The minimum atomic E-state index is -3.21. The van der Waals surface area contributed by atoms with Crippen molar-refractivity contribution in [3.05, 3.63) is 58.8 Å². The number of hydrogen-bond acceptors (Lipinski definition) is 9. The summed E-state index contributed by atoms with van der Waals surface area (Å²) in [6.45, 7) is 10.4. The van der Waals surface area contributed by atoms with Crippen LogP contribution in [0.5, 0.6) is 0 Å². The molecule has 0 unspecified atom stereocenters. The maximum absolute atomic E-state index is 11.9. The zero-order valence-electron chi connectivity index (χ0n) is 24.0. The van der Waals surface area contributed by atoms with Crippen LogP contribution in [0.1, 0.15) is 31.2 Å². The van der Waals surface area contributed by atoms with E-state index < -0.39 is 10.0 Å². The van der Waals surface area contributed by atoms with Crippen molar-refractivity contribution in [3.8, 4) is 16.9 Å². The molecule has 2 aromatic heterocycles. The van der Waals surface area contributed by atoms with Crippen molar-refractivity contribution in [1.82, 2.24) is 34.3 Å². The summed E-state index contributed by atoms with van der Waals surface area (Å²) in [5, 5.41) is 11.8. The number of sulfonamides is 1. The topological polar surface area (TPSA) is 139 Å². The summed E-state index contributed by atoms with van der Waals surface area (Å²) in [4.78, 5) is 26.1. The lowest BCUT2D eigenvalue weighted by Crippen LogP contribution is -2.47. The normalized spacial score (nSPS) is 18.3. The van der Waals surface area contributed by atoms with E-state index in [-0.39, 0.29) is 23.9 Å². The molecule has 228 valence electrons. The third-order valence-electron chi connectivity index (χ3n) is 7.71. The van der Waals surface area contributed by atoms with Crippen LogP contribution in [0.15, 0.2) is 36.8 Å². The zero-order chi connectivity index (χ0) is 30.6. The molecule has 0 bridgehead atoms. The van der Waals surface area contributed by atoms with Crippen LogP contribution in [0.4, 0.5) is 16.4 Å². The predicted octanol–water partition coefficient (Wildman–Crippen LogP) is 3.69. The van der Waals surface area contributed by atoms with E-state index in [2.05, 4.69) is 30.5 Å². The summed E-state index contributed by atoms with van der Waals surface area (Å²) in [5.41, 5.74) is 3.05. The largest absolute Gasteiger partial charge is 0.453 e. The van der Waals surface area contributed by atoms with E-state index in [4.69, 9.17) is 22.9 Å². The Bertz CT molecular complexity index is 1620. The SMILES string of the molecule is [C-]#[N+]c1cnc(NC2CCN(S(C)(=O)=O)CC2)nc1-c1cnn(-c2ccc(CN[C@@H]3CCCN(C(=O)OC)C3)cc2Cl)c1. The average molecular weight is 628 g/mol. The Balaban J connectivity index is 1.25. The van der Waals surface area contributed by atoms with Crippen LogP contribution in [0.2, 0.25) is 5.02 Å². The lowest BCUT2D eigenvalue weighted by atomic mass is 10.1. The highest BCUT2D eigenvalue weighted by Gasteiger charge is 2.26. The van der Waals surface area contributed by atoms with Gasteiger partial charge in [0.05, 0.1) is 42.5 Å². The first-order chi connectivity index (χ1) is 20.6. The van der Waals surface area contributed by atoms with Gasteiger partial charge in [0.2, 0.25) is 21.7 Å². The van der Waals surface area contributed by atoms with Gasteiger partial charge >= 0.3 is 6.09 Å². The first-order valence-corrected chi connectivity index (χ1v) is 16.2. The molecular formula is C28H34ClN9O4S. The molecule has 15 heteroatoms. The van der Waals surface area contributed by atoms with Gasteiger partial charge in [0, 0.05) is 62.8 Å². The van der Waals surface area contributed by atoms with E-state index in [1.165, 1.54) is 23.9 Å². The van der Waals surface area contributed by atoms with Gasteiger partial charge in [-0.1, -0.05) is 17.7 Å². The van der Waals surface area contributed by atoms with Gasteiger partial charge in [-0.25, -0.2) is 37.0 Å². The molecule has 2 saturated heterocycles. The van der Waals surface area contributed by atoms with Crippen molar-refractivity contribution in [2.45, 2.75) is 44.3 Å². The highest BCUT2D eigenvalue weighted by Crippen LogP contribution is 2.31. The molecule has 0 aliphatic carbocycles. The number of anilines is 1. The average Bonchev–Trinajstić information content (AvgIpc) is 3.49. The molecule has 0 saturated carbocycles. The monoisotopic (exact) mass is 627 g/mol. The molecule has 43 heavy (non-hydrogen) atoms. The van der Waals surface area contributed by atoms with Crippen molar-refractivity contribution in [2.24, 2.45) is 0 Å². The number of carbonyl (C=O) groups is 1. The highest BCUT2D eigenvalue weighted by molar-refractivity contribution is 7.88. The van der Waals surface area contributed by atoms with Gasteiger partial charge in [0.15, 0.2) is 0 Å². The zero-order valence-corrected chi connectivity index (χ0v) is 25.6. The number of carbonyl (C=O) groups excluding carboxylic acids is 1. The number of amides is 1. The molecule has 1 amide bonds. The number of likely N-dealkylation sites (tertiary alicyclic amines) is 1. The van der Waals surface area contributed by atoms with Gasteiger partial charge in [-0.2, -0.15) is 5.10 Å². The summed E-state index contributed by atoms with van der Waals surface area (Å²) < 4.78 is 31.6. The summed E-state index contributed by atoms with van der Waals surface area (Å²) in [6.07, 6.45) is 8.95. The van der Waals surface area contributed by atoms with Gasteiger partial charge in [0.1, 0.15) is 0 Å². The predicted molar refractivity (Wildman–Crippen MR) is 163 cm³/mol. The van der Waals surface area contributed by atoms with Crippen LogP contribution in [0.25, 0.3) is 21.8 Å². The van der Waals surface area contributed by atoms with Gasteiger partial charge in [0.25, 0.3) is 0 Å². The minimum Gasteiger partial charge on any atom is -0.453 e. The number of nitrogens with zero attached hydrogens (tertiary/aromatic N) is 7. The maximum atomic E-state index is 11.9. The van der Waals surface area contributed by atoms with Crippen LogP contribution in [-0.2, 0) is 21.3 Å². The Morgan fingerprint density at radius 1 is 1.19 bits per heavy atom. The fourth-order valence-electron chi connectivity index (χ4n) is 5.38. The Labute approximate surface area is 256 Å². The number of aromatic nitrogens is 4. The molecular weight excluding hydrogens is 594 g/mol. The molecule has 2 aliphatic heterocycles. The van der Waals surface area contributed by atoms with Crippen LogP contribution in [0.3, 0.4) is 0 Å². The van der Waals surface area contributed by atoms with Gasteiger partial charge in [-0.3, -0.25) is 0 Å². The van der Waals surface area contributed by atoms with Crippen molar-refractivity contribution < 1.29 is 17.9 Å². The number of rotatable bonds is 8. The van der Waals surface area contributed by atoms with Crippen molar-refractivity contribution in [1.29, 1.82) is 0 Å². The minimum absolute atomic E-state index is 0.0177. The van der Waals surface area contributed by atoms with Gasteiger partial charge in [-0.15, -0.1) is 0 Å². The van der Waals surface area contributed by atoms with Gasteiger partial charge < -0.3 is 20.3 Å². The molecule has 2 N–H and O–H groups in total. The molecule has 1 atom stereocenters. The molecule has 5 rings (SSSR count). The molecule has 3 aromatic rings. The van der Waals surface area contributed by atoms with E-state index in [1.54, 1.807) is 22.0 Å². The van der Waals surface area contributed by atoms with E-state index in [1.807, 2.05) is 18.2 Å². The highest BCUT2D eigenvalue weighted by atomic mass is 35.5. The standard InChI is InChI=1S/C28H34ClN9O4S/c1-30-24-16-32-27(34-21-8-11-37(12-9-21)43(3,40)41)35-26(24)20-15-33-38(17-20)25-7-6-19(13-23(25)29)14-31-22-5-4-10-36(18-22)28(39)42-2/h6-7,13,15-17,21-22,31H,4-5,8-12,14,18H2,2-3H3,(H,32,34,35)/t22-/m1/s1. The molecule has 0 radical (unpaired) electrons. The van der Waals surface area contributed by atoms with Crippen molar-refractivity contribution in [2.75, 3.05) is 44.9 Å². The van der Waals surface area contributed by atoms with Gasteiger partial charge in [-0.05, 0) is 43.4 Å². The number of methoxy groups -OCH3 is 1. The third kappa shape index (κ3) is 7.42. The summed E-state index contributed by atoms with van der Waals surface area (Å²) in [7, 11) is -1.81. The Kier molecular flexibility index (Phi) is 9.46. The molecule has 2 fully saturated rings. The van der Waals surface area contributed by atoms with Crippen LogP contribution >= 0.6 is 11.6 Å². The molecule has 0 spiro atoms.